The molecule has 162 valence electrons. The number of aliphatic hydroxyl groups excluding tert-OH is 1. The molecule has 5 rings (SSSR count). The summed E-state index contributed by atoms with van der Waals surface area (Å²) in [5.74, 6) is -1.28. The second-order valence-electron chi connectivity index (χ2n) is 8.26. The van der Waals surface area contributed by atoms with Gasteiger partial charge in [-0.2, -0.15) is 0 Å². The van der Waals surface area contributed by atoms with Gasteiger partial charge in [0.2, 0.25) is 12.0 Å². The first-order valence-corrected chi connectivity index (χ1v) is 10.7. The van der Waals surface area contributed by atoms with Crippen LogP contribution < -0.4 is 0 Å². The van der Waals surface area contributed by atoms with Crippen molar-refractivity contribution in [3.8, 4) is 11.1 Å². The Labute approximate surface area is 186 Å². The molecule has 0 spiro atoms. The van der Waals surface area contributed by atoms with Crippen LogP contribution in [-0.4, -0.2) is 22.5 Å². The van der Waals surface area contributed by atoms with Crippen LogP contribution >= 0.6 is 0 Å². The number of ether oxygens (including phenoxy) is 2. The highest BCUT2D eigenvalue weighted by atomic mass is 16.7. The molecule has 2 aliphatic rings. The van der Waals surface area contributed by atoms with Gasteiger partial charge in [0.1, 0.15) is 0 Å². The van der Waals surface area contributed by atoms with E-state index in [1.807, 2.05) is 24.3 Å². The van der Waals surface area contributed by atoms with Crippen LogP contribution in [-0.2, 0) is 33.9 Å². The summed E-state index contributed by atoms with van der Waals surface area (Å²) < 4.78 is 11.5. The van der Waals surface area contributed by atoms with Gasteiger partial charge in [0, 0.05) is 12.3 Å². The Morgan fingerprint density at radius 1 is 0.969 bits per heavy atom. The third-order valence-electron chi connectivity index (χ3n) is 6.16. The molecule has 3 aromatic carbocycles. The topological polar surface area (TPSA) is 76.0 Å². The van der Waals surface area contributed by atoms with Crippen molar-refractivity contribution in [2.75, 3.05) is 0 Å². The fraction of sp³-hybridized carbons (Fsp3) is 0.222. The quantitative estimate of drug-likeness (QED) is 0.463. The van der Waals surface area contributed by atoms with Gasteiger partial charge in [-0.3, -0.25) is 0 Å². The first kappa shape index (κ1) is 20.5. The molecule has 0 radical (unpaired) electrons. The Morgan fingerprint density at radius 2 is 1.72 bits per heavy atom. The molecule has 5 nitrogen and oxygen atoms in total. The number of carboxylic acids is 1. The number of fused-ring (bicyclic) bond motifs is 3. The summed E-state index contributed by atoms with van der Waals surface area (Å²) in [6, 6.07) is 22.3. The molecule has 0 unspecified atom stereocenters. The molecule has 1 heterocycles. The maximum Gasteiger partial charge on any atom is 0.370 e. The van der Waals surface area contributed by atoms with Crippen LogP contribution in [0.25, 0.3) is 11.1 Å². The Kier molecular flexibility index (Phi) is 5.52. The SMILES string of the molecule is O=C(O)C1=C[C@H](c2ccc3c(c2)Cc2ccccc2-3)C[C@H](OCc2ccc(CO)cc2)O1. The van der Waals surface area contributed by atoms with E-state index < -0.39 is 12.3 Å². The molecule has 1 aliphatic heterocycles. The molecule has 0 fully saturated rings. The number of hydrogen-bond acceptors (Lipinski definition) is 4. The zero-order valence-corrected chi connectivity index (χ0v) is 17.5. The minimum atomic E-state index is -1.09. The van der Waals surface area contributed by atoms with Gasteiger partial charge in [-0.15, -0.1) is 0 Å². The van der Waals surface area contributed by atoms with Crippen molar-refractivity contribution in [1.29, 1.82) is 0 Å². The van der Waals surface area contributed by atoms with E-state index in [-0.39, 0.29) is 18.3 Å². The second kappa shape index (κ2) is 8.61. The number of carbonyl (C=O) groups is 1. The van der Waals surface area contributed by atoms with Gasteiger partial charge in [-0.1, -0.05) is 66.7 Å². The lowest BCUT2D eigenvalue weighted by molar-refractivity contribution is -0.159. The molecule has 0 bridgehead atoms. The first-order chi connectivity index (χ1) is 15.6. The smallest absolute Gasteiger partial charge is 0.370 e. The fourth-order valence-corrected chi connectivity index (χ4v) is 4.47. The summed E-state index contributed by atoms with van der Waals surface area (Å²) in [4.78, 5) is 11.7. The van der Waals surface area contributed by atoms with Crippen LogP contribution in [0.4, 0.5) is 0 Å². The first-order valence-electron chi connectivity index (χ1n) is 10.7. The van der Waals surface area contributed by atoms with Crippen LogP contribution in [0.2, 0.25) is 0 Å². The molecular weight excluding hydrogens is 404 g/mol. The molecule has 0 aromatic heterocycles. The molecule has 1 aliphatic carbocycles. The number of aliphatic hydroxyl groups is 1. The predicted molar refractivity (Wildman–Crippen MR) is 120 cm³/mol. The molecule has 3 aromatic rings. The summed E-state index contributed by atoms with van der Waals surface area (Å²) >= 11 is 0. The molecule has 2 atom stereocenters. The van der Waals surface area contributed by atoms with E-state index in [1.165, 1.54) is 22.3 Å². The lowest BCUT2D eigenvalue weighted by atomic mass is 9.90. The highest BCUT2D eigenvalue weighted by molar-refractivity contribution is 5.84. The highest BCUT2D eigenvalue weighted by Gasteiger charge is 2.29. The minimum Gasteiger partial charge on any atom is -0.475 e. The van der Waals surface area contributed by atoms with Gasteiger partial charge in [0.05, 0.1) is 13.2 Å². The predicted octanol–water partition coefficient (Wildman–Crippen LogP) is 4.77. The van der Waals surface area contributed by atoms with E-state index in [0.29, 0.717) is 13.0 Å². The lowest BCUT2D eigenvalue weighted by Crippen LogP contribution is -2.26. The number of carboxylic acid groups (broad SMARTS) is 1. The monoisotopic (exact) mass is 428 g/mol. The number of rotatable bonds is 6. The van der Waals surface area contributed by atoms with Crippen LogP contribution in [0.5, 0.6) is 0 Å². The largest absolute Gasteiger partial charge is 0.475 e. The minimum absolute atomic E-state index is 0.00677. The summed E-state index contributed by atoms with van der Waals surface area (Å²) in [6.45, 7) is 0.294. The molecule has 0 saturated heterocycles. The summed E-state index contributed by atoms with van der Waals surface area (Å²) in [7, 11) is 0. The number of aliphatic carboxylic acids is 1. The maximum atomic E-state index is 11.7. The van der Waals surface area contributed by atoms with Crippen molar-refractivity contribution in [3.63, 3.8) is 0 Å². The van der Waals surface area contributed by atoms with E-state index in [2.05, 4.69) is 42.5 Å². The molecule has 32 heavy (non-hydrogen) atoms. The highest BCUT2D eigenvalue weighted by Crippen LogP contribution is 2.39. The van der Waals surface area contributed by atoms with Crippen LogP contribution in [0, 0.1) is 0 Å². The van der Waals surface area contributed by atoms with E-state index >= 15 is 0 Å². The lowest BCUT2D eigenvalue weighted by Gasteiger charge is -2.28. The zero-order valence-electron chi connectivity index (χ0n) is 17.5. The molecule has 0 saturated carbocycles. The van der Waals surface area contributed by atoms with Crippen molar-refractivity contribution in [2.45, 2.75) is 38.3 Å². The van der Waals surface area contributed by atoms with Crippen molar-refractivity contribution in [3.05, 3.63) is 106 Å². The molecule has 2 N–H and O–H groups in total. The maximum absolute atomic E-state index is 11.7. The summed E-state index contributed by atoms with van der Waals surface area (Å²) in [5.41, 5.74) is 7.94. The Hall–Kier alpha value is -3.41. The summed E-state index contributed by atoms with van der Waals surface area (Å²) in [6.07, 6.45) is 2.46. The third kappa shape index (κ3) is 4.05. The third-order valence-corrected chi connectivity index (χ3v) is 6.16. The normalized spacial score (nSPS) is 19.0. The Morgan fingerprint density at radius 3 is 2.50 bits per heavy atom. The van der Waals surface area contributed by atoms with E-state index in [0.717, 1.165) is 23.1 Å². The van der Waals surface area contributed by atoms with Crippen LogP contribution in [0.3, 0.4) is 0 Å². The average Bonchev–Trinajstić information content (AvgIpc) is 3.20. The van der Waals surface area contributed by atoms with Crippen molar-refractivity contribution in [1.82, 2.24) is 0 Å². The molecular formula is C27H24O5. The van der Waals surface area contributed by atoms with Gasteiger partial charge in [-0.05, 0) is 51.4 Å². The van der Waals surface area contributed by atoms with Crippen LogP contribution in [0.15, 0.2) is 78.6 Å². The Bertz CT molecular complexity index is 1180. The second-order valence-corrected chi connectivity index (χ2v) is 8.26. The van der Waals surface area contributed by atoms with Gasteiger partial charge in [0.25, 0.3) is 0 Å². The fourth-order valence-electron chi connectivity index (χ4n) is 4.47. The van der Waals surface area contributed by atoms with Crippen molar-refractivity contribution >= 4 is 5.97 Å². The Balaban J connectivity index is 1.34. The van der Waals surface area contributed by atoms with Gasteiger partial charge in [-0.25, -0.2) is 4.79 Å². The standard InChI is InChI=1S/C27H24O5/c28-15-17-5-7-18(8-6-17)16-31-26-14-21(13-25(32-26)27(29)30)19-9-10-24-22(11-19)12-20-3-1-2-4-23(20)24/h1-11,13,21,26,28H,12,14-16H2,(H,29,30)/t21-,26+/m0/s1. The zero-order chi connectivity index (χ0) is 22.1. The summed E-state index contributed by atoms with van der Waals surface area (Å²) in [5, 5.41) is 18.7. The van der Waals surface area contributed by atoms with Gasteiger partial charge < -0.3 is 19.7 Å². The van der Waals surface area contributed by atoms with Crippen LogP contribution in [0.1, 0.15) is 40.2 Å². The van der Waals surface area contributed by atoms with Gasteiger partial charge >= 0.3 is 5.97 Å². The number of allylic oxidation sites excluding steroid dienone is 1. The number of benzene rings is 3. The van der Waals surface area contributed by atoms with Gasteiger partial charge in [0.15, 0.2) is 0 Å². The number of hydrogen-bond donors (Lipinski definition) is 2. The van der Waals surface area contributed by atoms with E-state index in [1.54, 1.807) is 6.08 Å². The average molecular weight is 428 g/mol. The molecule has 0 amide bonds. The molecule has 5 heteroatoms. The van der Waals surface area contributed by atoms with E-state index in [9.17, 15) is 15.0 Å². The van der Waals surface area contributed by atoms with Crippen molar-refractivity contribution in [2.24, 2.45) is 0 Å². The van der Waals surface area contributed by atoms with Crippen molar-refractivity contribution < 1.29 is 24.5 Å². The van der Waals surface area contributed by atoms with E-state index in [4.69, 9.17) is 9.47 Å².